The van der Waals surface area contributed by atoms with Gasteiger partial charge in [-0.05, 0) is 38.1 Å². The number of para-hydroxylation sites is 1. The molecule has 0 bridgehead atoms. The molecular formula is C28H26N4O8S. The number of β-lactam (4-membered cyclic amide) rings is 1. The minimum Gasteiger partial charge on any atom is -0.484 e. The molecule has 2 N–H and O–H groups in total. The van der Waals surface area contributed by atoms with E-state index in [0.717, 1.165) is 10.6 Å². The molecule has 4 heterocycles. The molecule has 41 heavy (non-hydrogen) atoms. The van der Waals surface area contributed by atoms with Crippen molar-refractivity contribution in [3.8, 4) is 5.75 Å². The van der Waals surface area contributed by atoms with Crippen LogP contribution in [-0.2, 0) is 25.7 Å². The summed E-state index contributed by atoms with van der Waals surface area (Å²) in [6, 6.07) is 11.1. The van der Waals surface area contributed by atoms with Crippen molar-refractivity contribution in [2.75, 3.05) is 19.0 Å². The summed E-state index contributed by atoms with van der Waals surface area (Å²) >= 11 is 1.23. The van der Waals surface area contributed by atoms with E-state index < -0.39 is 47.2 Å². The fourth-order valence-corrected chi connectivity index (χ4v) is 5.98. The van der Waals surface area contributed by atoms with Crippen LogP contribution in [0.1, 0.15) is 23.0 Å². The number of aromatic nitrogens is 2. The normalized spacial score (nSPS) is 18.0. The van der Waals surface area contributed by atoms with Crippen molar-refractivity contribution < 1.29 is 33.8 Å². The number of benzene rings is 1. The van der Waals surface area contributed by atoms with Crippen LogP contribution >= 0.6 is 11.8 Å². The number of nitrogens with one attached hydrogen (secondary N) is 1. The lowest BCUT2D eigenvalue weighted by molar-refractivity contribution is -0.151. The predicted octanol–water partition coefficient (Wildman–Crippen LogP) is 1.70. The molecule has 3 aromatic rings. The molecule has 1 unspecified atom stereocenters. The zero-order valence-electron chi connectivity index (χ0n) is 22.2. The van der Waals surface area contributed by atoms with Crippen molar-refractivity contribution in [1.29, 1.82) is 0 Å². The van der Waals surface area contributed by atoms with E-state index in [1.165, 1.54) is 18.0 Å². The number of thioether (sulfide) groups is 1. The van der Waals surface area contributed by atoms with E-state index in [1.807, 2.05) is 13.0 Å². The van der Waals surface area contributed by atoms with Crippen molar-refractivity contribution in [3.63, 3.8) is 0 Å². The van der Waals surface area contributed by atoms with E-state index in [1.54, 1.807) is 47.9 Å². The summed E-state index contributed by atoms with van der Waals surface area (Å²) in [5, 5.41) is 12.1. The van der Waals surface area contributed by atoms with Gasteiger partial charge in [0.05, 0.1) is 5.39 Å². The SMILES string of the molecule is CCn1cc(C(=O)OCC2=C(C(=O)O)N3C(=O)C(NC(=O)COc4ccccc4)[C@H]3SC2)c(=O)c2ccc(C)nc21. The molecule has 1 aromatic carbocycles. The second-order valence-electron chi connectivity index (χ2n) is 9.37. The number of amides is 2. The smallest absolute Gasteiger partial charge is 0.352 e. The van der Waals surface area contributed by atoms with Crippen LogP contribution in [0.5, 0.6) is 5.75 Å². The second kappa shape index (κ2) is 11.5. The Bertz CT molecular complexity index is 1650. The summed E-state index contributed by atoms with van der Waals surface area (Å²) in [6.45, 7) is 3.36. The van der Waals surface area contributed by atoms with E-state index in [0.29, 0.717) is 17.9 Å². The molecular weight excluding hydrogens is 552 g/mol. The summed E-state index contributed by atoms with van der Waals surface area (Å²) in [6.07, 6.45) is 1.38. The van der Waals surface area contributed by atoms with Crippen molar-refractivity contribution in [2.45, 2.75) is 31.8 Å². The van der Waals surface area contributed by atoms with Crippen LogP contribution in [0.25, 0.3) is 11.0 Å². The van der Waals surface area contributed by atoms with E-state index in [-0.39, 0.29) is 34.6 Å². The minimum absolute atomic E-state index is 0.135. The van der Waals surface area contributed by atoms with Crippen LogP contribution in [0, 0.1) is 6.92 Å². The number of carboxylic acids is 1. The number of aryl methyl sites for hydroxylation is 2. The molecule has 2 aliphatic rings. The average molecular weight is 579 g/mol. The van der Waals surface area contributed by atoms with E-state index in [4.69, 9.17) is 9.47 Å². The second-order valence-corrected chi connectivity index (χ2v) is 10.5. The van der Waals surface area contributed by atoms with Gasteiger partial charge in [-0.3, -0.25) is 19.3 Å². The van der Waals surface area contributed by atoms with Crippen LogP contribution in [0.15, 0.2) is 64.7 Å². The third-order valence-corrected chi connectivity index (χ3v) is 8.02. The van der Waals surface area contributed by atoms with Crippen LogP contribution in [0.2, 0.25) is 0 Å². The Balaban J connectivity index is 1.28. The van der Waals surface area contributed by atoms with Crippen molar-refractivity contribution in [1.82, 2.24) is 19.8 Å². The lowest BCUT2D eigenvalue weighted by Gasteiger charge is -2.49. The molecule has 0 aliphatic carbocycles. The molecule has 0 radical (unpaired) electrons. The summed E-state index contributed by atoms with van der Waals surface area (Å²) < 4.78 is 12.5. The number of fused-ring (bicyclic) bond motifs is 2. The third kappa shape index (κ3) is 5.40. The third-order valence-electron chi connectivity index (χ3n) is 6.68. The molecule has 2 aliphatic heterocycles. The van der Waals surface area contributed by atoms with E-state index >= 15 is 0 Å². The maximum absolute atomic E-state index is 13.0. The van der Waals surface area contributed by atoms with Gasteiger partial charge in [0, 0.05) is 29.8 Å². The predicted molar refractivity (Wildman–Crippen MR) is 148 cm³/mol. The molecule has 13 heteroatoms. The van der Waals surface area contributed by atoms with Gasteiger partial charge in [0.25, 0.3) is 11.8 Å². The van der Waals surface area contributed by atoms with Crippen molar-refractivity contribution in [2.24, 2.45) is 0 Å². The van der Waals surface area contributed by atoms with Gasteiger partial charge in [-0.1, -0.05) is 18.2 Å². The number of esters is 1. The van der Waals surface area contributed by atoms with Gasteiger partial charge in [0.15, 0.2) is 6.61 Å². The molecule has 0 saturated carbocycles. The Kier molecular flexibility index (Phi) is 7.79. The molecule has 212 valence electrons. The minimum atomic E-state index is -1.37. The highest BCUT2D eigenvalue weighted by atomic mass is 32.2. The number of carbonyl (C=O) groups excluding carboxylic acids is 3. The van der Waals surface area contributed by atoms with Gasteiger partial charge < -0.3 is 24.5 Å². The Hall–Kier alpha value is -4.65. The highest BCUT2D eigenvalue weighted by Gasteiger charge is 2.54. The van der Waals surface area contributed by atoms with Gasteiger partial charge in [-0.25, -0.2) is 14.6 Å². The first-order chi connectivity index (χ1) is 19.7. The number of carbonyl (C=O) groups is 4. The monoisotopic (exact) mass is 578 g/mol. The summed E-state index contributed by atoms with van der Waals surface area (Å²) in [7, 11) is 0. The number of hydrogen-bond donors (Lipinski definition) is 2. The number of ether oxygens (including phenoxy) is 2. The Morgan fingerprint density at radius 3 is 2.61 bits per heavy atom. The first-order valence-corrected chi connectivity index (χ1v) is 13.8. The highest BCUT2D eigenvalue weighted by Crippen LogP contribution is 2.40. The number of pyridine rings is 2. The maximum Gasteiger partial charge on any atom is 0.352 e. The van der Waals surface area contributed by atoms with Crippen LogP contribution < -0.4 is 15.5 Å². The molecule has 2 aromatic heterocycles. The van der Waals surface area contributed by atoms with Crippen LogP contribution in [-0.4, -0.2) is 73.7 Å². The molecule has 2 atom stereocenters. The Labute approximate surface area is 237 Å². The molecule has 2 amide bonds. The van der Waals surface area contributed by atoms with Gasteiger partial charge in [0.1, 0.15) is 40.7 Å². The van der Waals surface area contributed by atoms with Gasteiger partial charge >= 0.3 is 11.9 Å². The van der Waals surface area contributed by atoms with Crippen molar-refractivity contribution in [3.05, 3.63) is 81.4 Å². The average Bonchev–Trinajstić information content (AvgIpc) is 2.97. The van der Waals surface area contributed by atoms with Crippen molar-refractivity contribution >= 4 is 46.5 Å². The standard InChI is InChI=1S/C28H26N4O8S/c1-3-31-11-19(23(34)18-10-9-15(2)29-24(18)31)28(38)40-12-16-14-41-26-21(25(35)32(26)22(16)27(36)37)30-20(33)13-39-17-7-5-4-6-8-17/h4-11,21,26H,3,12-14H2,1-2H3,(H,30,33)(H,36,37)/t21?,26-/m1/s1. The number of aliphatic carboxylic acids is 1. The number of nitrogens with zero attached hydrogens (tertiary/aromatic N) is 3. The zero-order chi connectivity index (χ0) is 29.3. The van der Waals surface area contributed by atoms with E-state index in [9.17, 15) is 29.1 Å². The van der Waals surface area contributed by atoms with Gasteiger partial charge in [0.2, 0.25) is 5.43 Å². The fourth-order valence-electron chi connectivity index (χ4n) is 4.65. The first-order valence-electron chi connectivity index (χ1n) is 12.7. The molecule has 12 nitrogen and oxygen atoms in total. The number of rotatable bonds is 9. The molecule has 5 rings (SSSR count). The van der Waals surface area contributed by atoms with Gasteiger partial charge in [-0.15, -0.1) is 11.8 Å². The largest absolute Gasteiger partial charge is 0.484 e. The first kappa shape index (κ1) is 27.9. The molecule has 0 spiro atoms. The summed E-state index contributed by atoms with van der Waals surface area (Å²) in [5.74, 6) is -2.77. The highest BCUT2D eigenvalue weighted by molar-refractivity contribution is 8.00. The number of carboxylic acid groups (broad SMARTS) is 1. The lowest BCUT2D eigenvalue weighted by atomic mass is 10.0. The number of hydrogen-bond acceptors (Lipinski definition) is 9. The van der Waals surface area contributed by atoms with Crippen LogP contribution in [0.3, 0.4) is 0 Å². The molecule has 1 fully saturated rings. The summed E-state index contributed by atoms with van der Waals surface area (Å²) in [4.78, 5) is 68.8. The fraction of sp³-hybridized carbons (Fsp3) is 0.286. The maximum atomic E-state index is 13.0. The Morgan fingerprint density at radius 1 is 1.15 bits per heavy atom. The topological polar surface area (TPSA) is 157 Å². The molecule has 1 saturated heterocycles. The zero-order valence-corrected chi connectivity index (χ0v) is 23.0. The van der Waals surface area contributed by atoms with E-state index in [2.05, 4.69) is 10.3 Å². The van der Waals surface area contributed by atoms with Crippen LogP contribution in [0.4, 0.5) is 0 Å². The Morgan fingerprint density at radius 2 is 1.90 bits per heavy atom. The quantitative estimate of drug-likeness (QED) is 0.283. The summed E-state index contributed by atoms with van der Waals surface area (Å²) in [5.41, 5.74) is 0.320. The lowest BCUT2D eigenvalue weighted by Crippen LogP contribution is -2.71. The van der Waals surface area contributed by atoms with Gasteiger partial charge in [-0.2, -0.15) is 0 Å².